The first-order valence-electron chi connectivity index (χ1n) is 7.67. The Kier molecular flexibility index (Phi) is 5.05. The van der Waals surface area contributed by atoms with Gasteiger partial charge >= 0.3 is 0 Å². The van der Waals surface area contributed by atoms with Gasteiger partial charge in [-0.1, -0.05) is 26.2 Å². The van der Waals surface area contributed by atoms with E-state index in [9.17, 15) is 0 Å². The van der Waals surface area contributed by atoms with Gasteiger partial charge in [0.25, 0.3) is 0 Å². The van der Waals surface area contributed by atoms with Gasteiger partial charge in [-0.15, -0.1) is 0 Å². The van der Waals surface area contributed by atoms with Crippen molar-refractivity contribution >= 4 is 0 Å². The lowest BCUT2D eigenvalue weighted by Crippen LogP contribution is -2.40. The number of hydrogen-bond donors (Lipinski definition) is 2. The molecule has 1 aliphatic heterocycles. The minimum Gasteiger partial charge on any atom is -0.396 e. The molecule has 3 atom stereocenters. The van der Waals surface area contributed by atoms with Gasteiger partial charge in [0.2, 0.25) is 0 Å². The van der Waals surface area contributed by atoms with Gasteiger partial charge in [0.1, 0.15) is 0 Å². The third-order valence-electron chi connectivity index (χ3n) is 4.91. The molecule has 3 nitrogen and oxygen atoms in total. The minimum atomic E-state index is 0.233. The zero-order valence-corrected chi connectivity index (χ0v) is 12.0. The van der Waals surface area contributed by atoms with Crippen LogP contribution in [0.3, 0.4) is 0 Å². The van der Waals surface area contributed by atoms with E-state index in [2.05, 4.69) is 19.2 Å². The van der Waals surface area contributed by atoms with Crippen LogP contribution in [0.2, 0.25) is 0 Å². The molecule has 3 heteroatoms. The van der Waals surface area contributed by atoms with Gasteiger partial charge < -0.3 is 15.2 Å². The molecule has 0 aromatic heterocycles. The van der Waals surface area contributed by atoms with Gasteiger partial charge in [-0.25, -0.2) is 0 Å². The predicted octanol–water partition coefficient (Wildman–Crippen LogP) is 2.47. The molecule has 18 heavy (non-hydrogen) atoms. The normalized spacial score (nSPS) is 30.5. The topological polar surface area (TPSA) is 41.5 Å². The SMILES string of the molecule is CC(CO)C(C)NCC1CCC2(CCCCC2)O1. The average Bonchev–Trinajstić information content (AvgIpc) is 2.79. The van der Waals surface area contributed by atoms with Gasteiger partial charge in [-0.05, 0) is 38.5 Å². The van der Waals surface area contributed by atoms with Crippen LogP contribution in [0.15, 0.2) is 0 Å². The van der Waals surface area contributed by atoms with Crippen LogP contribution in [0, 0.1) is 5.92 Å². The second-order valence-electron chi connectivity index (χ2n) is 6.38. The Hall–Kier alpha value is -0.120. The van der Waals surface area contributed by atoms with E-state index in [0.717, 1.165) is 6.54 Å². The van der Waals surface area contributed by atoms with Crippen LogP contribution in [0.5, 0.6) is 0 Å². The largest absolute Gasteiger partial charge is 0.396 e. The van der Waals surface area contributed by atoms with Gasteiger partial charge in [0.05, 0.1) is 11.7 Å². The zero-order chi connectivity index (χ0) is 13.0. The van der Waals surface area contributed by atoms with Crippen molar-refractivity contribution in [1.82, 2.24) is 5.32 Å². The number of rotatable bonds is 5. The molecule has 2 fully saturated rings. The van der Waals surface area contributed by atoms with Crippen LogP contribution >= 0.6 is 0 Å². The Morgan fingerprint density at radius 3 is 2.61 bits per heavy atom. The van der Waals surface area contributed by atoms with Crippen molar-refractivity contribution < 1.29 is 9.84 Å². The number of aliphatic hydroxyl groups excluding tert-OH is 1. The highest BCUT2D eigenvalue weighted by Crippen LogP contribution is 2.41. The summed E-state index contributed by atoms with van der Waals surface area (Å²) in [6, 6.07) is 0.363. The molecule has 0 bridgehead atoms. The fourth-order valence-corrected chi connectivity index (χ4v) is 3.28. The lowest BCUT2D eigenvalue weighted by Gasteiger charge is -2.33. The van der Waals surface area contributed by atoms with Crippen molar-refractivity contribution in [1.29, 1.82) is 0 Å². The molecule has 2 rings (SSSR count). The molecule has 1 spiro atoms. The molecule has 2 N–H and O–H groups in total. The van der Waals surface area contributed by atoms with Gasteiger partial charge in [-0.2, -0.15) is 0 Å². The number of hydrogen-bond acceptors (Lipinski definition) is 3. The van der Waals surface area contributed by atoms with Crippen LogP contribution in [0.4, 0.5) is 0 Å². The second-order valence-corrected chi connectivity index (χ2v) is 6.38. The van der Waals surface area contributed by atoms with E-state index in [1.807, 2.05) is 0 Å². The molecule has 106 valence electrons. The van der Waals surface area contributed by atoms with Crippen molar-refractivity contribution in [2.45, 2.75) is 76.5 Å². The number of aliphatic hydroxyl groups is 1. The van der Waals surface area contributed by atoms with Crippen LogP contribution in [0.25, 0.3) is 0 Å². The van der Waals surface area contributed by atoms with Gasteiger partial charge in [-0.3, -0.25) is 0 Å². The first kappa shape index (κ1) is 14.3. The molecule has 3 unspecified atom stereocenters. The maximum absolute atomic E-state index is 9.12. The standard InChI is InChI=1S/C15H29NO2/c1-12(11-17)13(2)16-10-14-6-9-15(18-14)7-4-3-5-8-15/h12-14,16-17H,3-11H2,1-2H3. The van der Waals surface area contributed by atoms with Crippen molar-refractivity contribution in [2.24, 2.45) is 5.92 Å². The van der Waals surface area contributed by atoms with Crippen LogP contribution < -0.4 is 5.32 Å². The van der Waals surface area contributed by atoms with Crippen molar-refractivity contribution in [3.05, 3.63) is 0 Å². The molecule has 2 aliphatic rings. The molecular formula is C15H29NO2. The maximum atomic E-state index is 9.12. The summed E-state index contributed by atoms with van der Waals surface area (Å²) in [6.45, 7) is 5.42. The molecule has 0 amide bonds. The Bertz CT molecular complexity index is 251. The highest BCUT2D eigenvalue weighted by Gasteiger charge is 2.40. The summed E-state index contributed by atoms with van der Waals surface area (Å²) < 4.78 is 6.33. The van der Waals surface area contributed by atoms with Gasteiger partial charge in [0.15, 0.2) is 0 Å². The van der Waals surface area contributed by atoms with E-state index < -0.39 is 0 Å². The highest BCUT2D eigenvalue weighted by molar-refractivity contribution is 4.92. The molecule has 0 radical (unpaired) electrons. The van der Waals surface area contributed by atoms with E-state index in [0.29, 0.717) is 18.1 Å². The Morgan fingerprint density at radius 2 is 1.94 bits per heavy atom. The predicted molar refractivity (Wildman–Crippen MR) is 73.6 cm³/mol. The number of ether oxygens (including phenoxy) is 1. The Morgan fingerprint density at radius 1 is 1.22 bits per heavy atom. The first-order valence-corrected chi connectivity index (χ1v) is 7.67. The molecule has 1 saturated heterocycles. The zero-order valence-electron chi connectivity index (χ0n) is 12.0. The van der Waals surface area contributed by atoms with Crippen LogP contribution in [-0.4, -0.2) is 36.0 Å². The van der Waals surface area contributed by atoms with Crippen molar-refractivity contribution in [2.75, 3.05) is 13.2 Å². The molecule has 1 heterocycles. The first-order chi connectivity index (χ1) is 8.65. The number of nitrogens with one attached hydrogen (secondary N) is 1. The van der Waals surface area contributed by atoms with E-state index in [1.165, 1.54) is 44.9 Å². The van der Waals surface area contributed by atoms with E-state index in [1.54, 1.807) is 0 Å². The van der Waals surface area contributed by atoms with Crippen molar-refractivity contribution in [3.63, 3.8) is 0 Å². The summed E-state index contributed by atoms with van der Waals surface area (Å²) in [6.07, 6.45) is 9.46. The van der Waals surface area contributed by atoms with E-state index in [4.69, 9.17) is 9.84 Å². The van der Waals surface area contributed by atoms with Crippen LogP contribution in [0.1, 0.15) is 58.8 Å². The smallest absolute Gasteiger partial charge is 0.0708 e. The third-order valence-corrected chi connectivity index (χ3v) is 4.91. The highest BCUT2D eigenvalue weighted by atomic mass is 16.5. The molecule has 1 aliphatic carbocycles. The van der Waals surface area contributed by atoms with E-state index >= 15 is 0 Å². The fraction of sp³-hybridized carbons (Fsp3) is 1.00. The monoisotopic (exact) mass is 255 g/mol. The third kappa shape index (κ3) is 3.46. The van der Waals surface area contributed by atoms with E-state index in [-0.39, 0.29) is 12.2 Å². The fourth-order valence-electron chi connectivity index (χ4n) is 3.28. The lowest BCUT2D eigenvalue weighted by molar-refractivity contribution is -0.0632. The van der Waals surface area contributed by atoms with Crippen LogP contribution in [-0.2, 0) is 4.74 Å². The van der Waals surface area contributed by atoms with Gasteiger partial charge in [0, 0.05) is 19.2 Å². The average molecular weight is 255 g/mol. The second kappa shape index (κ2) is 6.36. The lowest BCUT2D eigenvalue weighted by atomic mass is 9.83. The molecular weight excluding hydrogens is 226 g/mol. The summed E-state index contributed by atoms with van der Waals surface area (Å²) in [5, 5.41) is 12.6. The summed E-state index contributed by atoms with van der Waals surface area (Å²) in [7, 11) is 0. The summed E-state index contributed by atoms with van der Waals surface area (Å²) in [5.74, 6) is 0.315. The molecule has 0 aromatic carbocycles. The van der Waals surface area contributed by atoms with Crippen molar-refractivity contribution in [3.8, 4) is 0 Å². The Labute approximate surface area is 111 Å². The summed E-state index contributed by atoms with van der Waals surface area (Å²) >= 11 is 0. The maximum Gasteiger partial charge on any atom is 0.0708 e. The summed E-state index contributed by atoms with van der Waals surface area (Å²) in [4.78, 5) is 0. The molecule has 1 saturated carbocycles. The Balaban J connectivity index is 1.72. The minimum absolute atomic E-state index is 0.233. The molecule has 0 aromatic rings. The quantitative estimate of drug-likeness (QED) is 0.793. The summed E-state index contributed by atoms with van der Waals surface area (Å²) in [5.41, 5.74) is 0.233.